The van der Waals surface area contributed by atoms with Crippen LogP contribution in [0.4, 0.5) is 5.69 Å². The Morgan fingerprint density at radius 2 is 1.95 bits per heavy atom. The van der Waals surface area contributed by atoms with Crippen molar-refractivity contribution in [3.63, 3.8) is 0 Å². The van der Waals surface area contributed by atoms with Crippen molar-refractivity contribution >= 4 is 18.4 Å². The van der Waals surface area contributed by atoms with Gasteiger partial charge in [-0.15, -0.1) is 0 Å². The van der Waals surface area contributed by atoms with E-state index in [0.29, 0.717) is 0 Å². The van der Waals surface area contributed by atoms with Gasteiger partial charge in [0.15, 0.2) is 6.10 Å². The molecule has 1 atom stereocenters. The van der Waals surface area contributed by atoms with Gasteiger partial charge in [0.05, 0.1) is 5.69 Å². The maximum atomic E-state index is 11.2. The van der Waals surface area contributed by atoms with E-state index in [9.17, 15) is 4.79 Å². The number of rotatable bonds is 0. The Hall–Kier alpha value is -1.92. The molecule has 1 aromatic carbocycles. The maximum absolute atomic E-state index is 11.2. The third-order valence-electron chi connectivity index (χ3n) is 3.15. The Morgan fingerprint density at radius 3 is 2.48 bits per heavy atom. The molecular formula is C15H22N2O4. The van der Waals surface area contributed by atoms with Crippen LogP contribution in [0.15, 0.2) is 18.2 Å². The van der Waals surface area contributed by atoms with Crippen LogP contribution in [0.5, 0.6) is 5.75 Å². The van der Waals surface area contributed by atoms with Crippen LogP contribution in [-0.2, 0) is 9.59 Å². The highest BCUT2D eigenvalue weighted by atomic mass is 16.5. The first-order valence-corrected chi connectivity index (χ1v) is 6.87. The normalized spacial score (nSPS) is 20.0. The Labute approximate surface area is 124 Å². The number of ether oxygens (including phenoxy) is 1. The second-order valence-corrected chi connectivity index (χ2v) is 4.91. The summed E-state index contributed by atoms with van der Waals surface area (Å²) in [7, 11) is 0. The molecule has 6 nitrogen and oxygen atoms in total. The van der Waals surface area contributed by atoms with E-state index in [0.717, 1.165) is 42.9 Å². The van der Waals surface area contributed by atoms with Crippen LogP contribution in [-0.4, -0.2) is 42.2 Å². The fourth-order valence-electron chi connectivity index (χ4n) is 2.02. The summed E-state index contributed by atoms with van der Waals surface area (Å²) in [5, 5.41) is 12.7. The summed E-state index contributed by atoms with van der Waals surface area (Å²) in [6.07, 6.45) is 1.93. The van der Waals surface area contributed by atoms with Gasteiger partial charge >= 0.3 is 0 Å². The molecule has 1 saturated heterocycles. The van der Waals surface area contributed by atoms with E-state index in [1.54, 1.807) is 6.92 Å². The third-order valence-corrected chi connectivity index (χ3v) is 3.15. The number of nitrogens with zero attached hydrogens (tertiary/aromatic N) is 1. The van der Waals surface area contributed by atoms with E-state index < -0.39 is 6.10 Å². The van der Waals surface area contributed by atoms with Crippen LogP contribution in [0.3, 0.4) is 0 Å². The summed E-state index contributed by atoms with van der Waals surface area (Å²) >= 11 is 0. The van der Waals surface area contributed by atoms with Gasteiger partial charge in [-0.2, -0.15) is 5.06 Å². The molecule has 3 rings (SSSR count). The first kappa shape index (κ1) is 17.1. The molecule has 2 aliphatic heterocycles. The van der Waals surface area contributed by atoms with Crippen molar-refractivity contribution in [2.45, 2.75) is 32.8 Å². The predicted octanol–water partition coefficient (Wildman–Crippen LogP) is 2.00. The number of carbonyl (C=O) groups is 2. The second kappa shape index (κ2) is 8.39. The van der Waals surface area contributed by atoms with Crippen molar-refractivity contribution in [2.24, 2.45) is 0 Å². The molecule has 21 heavy (non-hydrogen) atoms. The molecule has 2 N–H and O–H groups in total. The quantitative estimate of drug-likeness (QED) is 0.765. The largest absolute Gasteiger partial charge is 0.479 e. The lowest BCUT2D eigenvalue weighted by molar-refractivity contribution is -0.122. The molecule has 2 heterocycles. The van der Waals surface area contributed by atoms with Crippen LogP contribution in [0.1, 0.15) is 25.3 Å². The number of aryl methyl sites for hydroxylation is 1. The number of anilines is 1. The topological polar surface area (TPSA) is 78.9 Å². The maximum Gasteiger partial charge on any atom is 0.265 e. The molecule has 6 heteroatoms. The molecule has 1 amide bonds. The molecule has 0 radical (unpaired) electrons. The fourth-order valence-corrected chi connectivity index (χ4v) is 2.02. The lowest BCUT2D eigenvalue weighted by Crippen LogP contribution is -2.34. The average Bonchev–Trinajstić information content (AvgIpc) is 2.95. The van der Waals surface area contributed by atoms with Crippen LogP contribution < -0.4 is 10.1 Å². The molecular weight excluding hydrogens is 272 g/mol. The summed E-state index contributed by atoms with van der Waals surface area (Å²) in [4.78, 5) is 19.2. The highest BCUT2D eigenvalue weighted by Crippen LogP contribution is 2.29. The van der Waals surface area contributed by atoms with Crippen molar-refractivity contribution in [1.82, 2.24) is 5.06 Å². The minimum Gasteiger partial charge on any atom is -0.479 e. The minimum absolute atomic E-state index is 0.0851. The van der Waals surface area contributed by atoms with Gasteiger partial charge in [-0.3, -0.25) is 4.79 Å². The number of nitrogens with one attached hydrogen (secondary N) is 1. The zero-order valence-electron chi connectivity index (χ0n) is 12.5. The number of hydroxylamine groups is 2. The molecule has 116 valence electrons. The number of fused-ring (bicyclic) bond motifs is 1. The van der Waals surface area contributed by atoms with Gasteiger partial charge in [0.2, 0.25) is 0 Å². The van der Waals surface area contributed by atoms with Gasteiger partial charge in [0.1, 0.15) is 12.5 Å². The van der Waals surface area contributed by atoms with Crippen LogP contribution in [0.25, 0.3) is 0 Å². The highest BCUT2D eigenvalue weighted by Gasteiger charge is 2.22. The number of amides is 1. The molecule has 0 saturated carbocycles. The number of hydrogen-bond donors (Lipinski definition) is 2. The Bertz CT molecular complexity index is 473. The number of hydrogen-bond acceptors (Lipinski definition) is 5. The zero-order valence-corrected chi connectivity index (χ0v) is 12.5. The molecule has 0 aromatic heterocycles. The lowest BCUT2D eigenvalue weighted by atomic mass is 10.1. The Balaban J connectivity index is 0.000000231. The molecule has 1 aromatic rings. The summed E-state index contributed by atoms with van der Waals surface area (Å²) < 4.78 is 5.39. The monoisotopic (exact) mass is 294 g/mol. The first-order valence-electron chi connectivity index (χ1n) is 6.87. The first-order chi connectivity index (χ1) is 10.1. The SMILES string of the molecule is C=O.Cc1ccc2c(c1)NC(=O)C(C)O2.ON1CCCC1. The van der Waals surface area contributed by atoms with Crippen molar-refractivity contribution in [3.8, 4) is 5.75 Å². The summed E-state index contributed by atoms with van der Waals surface area (Å²) in [6.45, 7) is 7.46. The van der Waals surface area contributed by atoms with Crippen LogP contribution >= 0.6 is 0 Å². The van der Waals surface area contributed by atoms with E-state index >= 15 is 0 Å². The van der Waals surface area contributed by atoms with Crippen molar-refractivity contribution in [2.75, 3.05) is 18.4 Å². The van der Waals surface area contributed by atoms with E-state index in [1.807, 2.05) is 31.9 Å². The molecule has 0 spiro atoms. The van der Waals surface area contributed by atoms with Gasteiger partial charge in [-0.25, -0.2) is 0 Å². The van der Waals surface area contributed by atoms with Gasteiger partial charge in [-0.1, -0.05) is 6.07 Å². The molecule has 1 fully saturated rings. The predicted molar refractivity (Wildman–Crippen MR) is 79.6 cm³/mol. The average molecular weight is 294 g/mol. The molecule has 2 aliphatic rings. The highest BCUT2D eigenvalue weighted by molar-refractivity contribution is 5.97. The van der Waals surface area contributed by atoms with Crippen molar-refractivity contribution < 1.29 is 19.5 Å². The Morgan fingerprint density at radius 1 is 1.33 bits per heavy atom. The van der Waals surface area contributed by atoms with Crippen LogP contribution in [0, 0.1) is 6.92 Å². The Kier molecular flexibility index (Phi) is 6.84. The van der Waals surface area contributed by atoms with Gasteiger partial charge < -0.3 is 20.1 Å². The third kappa shape index (κ3) is 5.17. The van der Waals surface area contributed by atoms with Gasteiger partial charge in [-0.05, 0) is 44.4 Å². The number of benzene rings is 1. The summed E-state index contributed by atoms with van der Waals surface area (Å²) in [5.74, 6) is 0.663. The second-order valence-electron chi connectivity index (χ2n) is 4.91. The van der Waals surface area contributed by atoms with E-state index in [4.69, 9.17) is 14.7 Å². The van der Waals surface area contributed by atoms with Crippen molar-refractivity contribution in [1.29, 1.82) is 0 Å². The molecule has 0 bridgehead atoms. The van der Waals surface area contributed by atoms with Crippen LogP contribution in [0.2, 0.25) is 0 Å². The molecule has 1 unspecified atom stereocenters. The lowest BCUT2D eigenvalue weighted by Gasteiger charge is -2.23. The van der Waals surface area contributed by atoms with E-state index in [1.165, 1.54) is 5.06 Å². The zero-order chi connectivity index (χ0) is 15.8. The fraction of sp³-hybridized carbons (Fsp3) is 0.467. The van der Waals surface area contributed by atoms with Gasteiger partial charge in [0.25, 0.3) is 5.91 Å². The van der Waals surface area contributed by atoms with E-state index in [2.05, 4.69) is 5.32 Å². The number of carbonyl (C=O) groups excluding carboxylic acids is 2. The summed E-state index contributed by atoms with van der Waals surface area (Å²) in [6, 6.07) is 5.74. The minimum atomic E-state index is -0.393. The molecule has 0 aliphatic carbocycles. The standard InChI is InChI=1S/C10H11NO2.C4H9NO.CH2O/c1-6-3-4-9-8(5-6)11-10(12)7(2)13-9;6-5-3-1-2-4-5;1-2/h3-5,7H,1-2H3,(H,11,12);6H,1-4H2;1H2. The van der Waals surface area contributed by atoms with E-state index in [-0.39, 0.29) is 5.91 Å². The summed E-state index contributed by atoms with van der Waals surface area (Å²) in [5.41, 5.74) is 1.88. The smallest absolute Gasteiger partial charge is 0.265 e. The van der Waals surface area contributed by atoms with Crippen molar-refractivity contribution in [3.05, 3.63) is 23.8 Å². The van der Waals surface area contributed by atoms with Gasteiger partial charge in [0, 0.05) is 13.1 Å².